The molecule has 7 heteroatoms. The average molecular weight is 412 g/mol. The van der Waals surface area contributed by atoms with Crippen molar-refractivity contribution in [2.24, 2.45) is 5.41 Å². The van der Waals surface area contributed by atoms with Gasteiger partial charge in [0.15, 0.2) is 10.9 Å². The van der Waals surface area contributed by atoms with Crippen LogP contribution in [-0.4, -0.2) is 26.1 Å². The SMILES string of the molecule is CC(C)Sc1nc2c(c(=O)[nH]1)C(c1cccc(O)c1)C1=C(CC(C)(C)CC1=O)N2. The monoisotopic (exact) mass is 411 g/mol. The number of anilines is 1. The zero-order valence-corrected chi connectivity index (χ0v) is 17.8. The first kappa shape index (κ1) is 19.8. The largest absolute Gasteiger partial charge is 0.508 e. The molecule has 0 amide bonds. The molecule has 152 valence electrons. The molecule has 1 aliphatic carbocycles. The van der Waals surface area contributed by atoms with Gasteiger partial charge in [-0.3, -0.25) is 9.59 Å². The van der Waals surface area contributed by atoms with Crippen LogP contribution in [0.2, 0.25) is 0 Å². The van der Waals surface area contributed by atoms with Gasteiger partial charge in [0.05, 0.1) is 5.56 Å². The third kappa shape index (κ3) is 3.71. The molecule has 1 aliphatic heterocycles. The Kier molecular flexibility index (Phi) is 4.81. The molecule has 1 aromatic heterocycles. The molecule has 0 spiro atoms. The fourth-order valence-corrected chi connectivity index (χ4v) is 4.95. The van der Waals surface area contributed by atoms with Gasteiger partial charge in [0.2, 0.25) is 0 Å². The van der Waals surface area contributed by atoms with Crippen LogP contribution in [0.1, 0.15) is 57.6 Å². The molecule has 0 saturated heterocycles. The first-order valence-electron chi connectivity index (χ1n) is 9.78. The van der Waals surface area contributed by atoms with Gasteiger partial charge in [-0.25, -0.2) is 4.98 Å². The normalized spacial score (nSPS) is 20.3. The molecular weight excluding hydrogens is 386 g/mol. The van der Waals surface area contributed by atoms with Crippen LogP contribution < -0.4 is 10.9 Å². The summed E-state index contributed by atoms with van der Waals surface area (Å²) in [5.74, 6) is 0.0771. The Morgan fingerprint density at radius 3 is 2.69 bits per heavy atom. The second-order valence-corrected chi connectivity index (χ2v) is 10.4. The topological polar surface area (TPSA) is 95.1 Å². The molecule has 1 atom stereocenters. The van der Waals surface area contributed by atoms with Gasteiger partial charge in [-0.2, -0.15) is 0 Å². The smallest absolute Gasteiger partial charge is 0.257 e. The molecule has 2 aromatic rings. The highest BCUT2D eigenvalue weighted by Gasteiger charge is 2.42. The van der Waals surface area contributed by atoms with Crippen LogP contribution in [0.15, 0.2) is 45.5 Å². The summed E-state index contributed by atoms with van der Waals surface area (Å²) < 4.78 is 0. The number of aromatic amines is 1. The van der Waals surface area contributed by atoms with E-state index in [9.17, 15) is 14.7 Å². The van der Waals surface area contributed by atoms with E-state index in [0.29, 0.717) is 40.5 Å². The van der Waals surface area contributed by atoms with Crippen LogP contribution in [0.5, 0.6) is 5.75 Å². The number of carbonyl (C=O) groups excluding carboxylic acids is 1. The average Bonchev–Trinajstić information content (AvgIpc) is 2.58. The van der Waals surface area contributed by atoms with Crippen molar-refractivity contribution >= 4 is 23.4 Å². The summed E-state index contributed by atoms with van der Waals surface area (Å²) in [6.45, 7) is 8.22. The number of H-pyrrole nitrogens is 1. The number of Topliss-reactive ketones (excluding diaryl/α,β-unsaturated/α-hetero) is 1. The molecule has 4 rings (SSSR count). The number of nitrogens with one attached hydrogen (secondary N) is 2. The third-order valence-electron chi connectivity index (χ3n) is 5.25. The summed E-state index contributed by atoms with van der Waals surface area (Å²) in [6.07, 6.45) is 1.12. The van der Waals surface area contributed by atoms with Crippen molar-refractivity contribution < 1.29 is 9.90 Å². The Labute approximate surface area is 173 Å². The maximum absolute atomic E-state index is 13.1. The summed E-state index contributed by atoms with van der Waals surface area (Å²) in [7, 11) is 0. The fraction of sp³-hybridized carbons (Fsp3) is 0.409. The van der Waals surface area contributed by atoms with E-state index in [1.165, 1.54) is 11.8 Å². The second-order valence-electron chi connectivity index (χ2n) is 8.79. The molecule has 6 nitrogen and oxygen atoms in total. The van der Waals surface area contributed by atoms with E-state index in [1.807, 2.05) is 19.9 Å². The quantitative estimate of drug-likeness (QED) is 0.518. The van der Waals surface area contributed by atoms with Crippen LogP contribution in [0, 0.1) is 5.41 Å². The number of fused-ring (bicyclic) bond motifs is 1. The van der Waals surface area contributed by atoms with Crippen molar-refractivity contribution in [2.75, 3.05) is 5.32 Å². The number of rotatable bonds is 3. The Morgan fingerprint density at radius 2 is 2.00 bits per heavy atom. The Morgan fingerprint density at radius 1 is 1.24 bits per heavy atom. The number of nitrogens with zero attached hydrogens (tertiary/aromatic N) is 1. The number of phenols is 1. The number of thioether (sulfide) groups is 1. The predicted molar refractivity (Wildman–Crippen MR) is 114 cm³/mol. The molecule has 29 heavy (non-hydrogen) atoms. The molecule has 2 aliphatic rings. The Balaban J connectivity index is 1.94. The van der Waals surface area contributed by atoms with Crippen LogP contribution in [0.3, 0.4) is 0 Å². The maximum Gasteiger partial charge on any atom is 0.257 e. The highest BCUT2D eigenvalue weighted by Crippen LogP contribution is 2.48. The third-order valence-corrected chi connectivity index (χ3v) is 6.14. The van der Waals surface area contributed by atoms with E-state index in [-0.39, 0.29) is 27.8 Å². The van der Waals surface area contributed by atoms with Gasteiger partial charge in [0.25, 0.3) is 5.56 Å². The minimum absolute atomic E-state index is 0.0303. The van der Waals surface area contributed by atoms with Crippen LogP contribution in [0.4, 0.5) is 5.82 Å². The lowest BCUT2D eigenvalue weighted by Gasteiger charge is -2.38. The Hall–Kier alpha value is -2.54. The number of hydrogen-bond acceptors (Lipinski definition) is 6. The van der Waals surface area contributed by atoms with Gasteiger partial charge in [-0.05, 0) is 29.5 Å². The first-order valence-corrected chi connectivity index (χ1v) is 10.7. The maximum atomic E-state index is 13.1. The lowest BCUT2D eigenvalue weighted by atomic mass is 9.69. The van der Waals surface area contributed by atoms with Gasteiger partial charge in [0.1, 0.15) is 11.6 Å². The molecule has 0 radical (unpaired) electrons. The van der Waals surface area contributed by atoms with Crippen molar-refractivity contribution in [3.63, 3.8) is 0 Å². The number of ketones is 1. The molecule has 0 fully saturated rings. The number of allylic oxidation sites excluding steroid dienone is 2. The van der Waals surface area contributed by atoms with Crippen LogP contribution in [0.25, 0.3) is 0 Å². The van der Waals surface area contributed by atoms with Gasteiger partial charge in [-0.1, -0.05) is 51.6 Å². The highest BCUT2D eigenvalue weighted by molar-refractivity contribution is 7.99. The molecule has 1 unspecified atom stereocenters. The minimum atomic E-state index is -0.550. The summed E-state index contributed by atoms with van der Waals surface area (Å²) in [4.78, 5) is 33.8. The number of benzene rings is 1. The predicted octanol–water partition coefficient (Wildman–Crippen LogP) is 4.18. The standard InChI is InChI=1S/C22H25N3O3S/c1-11(2)29-21-24-19-18(20(28)25-21)16(12-6-5-7-13(26)8-12)17-14(23-19)9-22(3,4)10-15(17)27/h5-8,11,16,26H,9-10H2,1-4H3,(H2,23,24,25,28). The number of aromatic hydroxyl groups is 1. The molecule has 1 aromatic carbocycles. The van der Waals surface area contributed by atoms with Crippen molar-refractivity contribution in [3.8, 4) is 5.75 Å². The first-order chi connectivity index (χ1) is 13.6. The summed E-state index contributed by atoms with van der Waals surface area (Å²) in [5.41, 5.74) is 2.15. The lowest BCUT2D eigenvalue weighted by molar-refractivity contribution is -0.118. The fourth-order valence-electron chi connectivity index (χ4n) is 4.21. The van der Waals surface area contributed by atoms with Crippen molar-refractivity contribution in [1.29, 1.82) is 0 Å². The van der Waals surface area contributed by atoms with E-state index >= 15 is 0 Å². The Bertz CT molecular complexity index is 1080. The number of hydrogen-bond donors (Lipinski definition) is 3. The van der Waals surface area contributed by atoms with Crippen LogP contribution >= 0.6 is 11.8 Å². The van der Waals surface area contributed by atoms with E-state index < -0.39 is 5.92 Å². The number of phenolic OH excluding ortho intramolecular Hbond substituents is 1. The zero-order chi connectivity index (χ0) is 20.9. The van der Waals surface area contributed by atoms with E-state index in [4.69, 9.17) is 0 Å². The van der Waals surface area contributed by atoms with E-state index in [1.54, 1.807) is 18.2 Å². The molecule has 2 heterocycles. The van der Waals surface area contributed by atoms with Gasteiger partial charge in [-0.15, -0.1) is 0 Å². The van der Waals surface area contributed by atoms with Gasteiger partial charge >= 0.3 is 0 Å². The summed E-state index contributed by atoms with van der Waals surface area (Å²) >= 11 is 1.48. The van der Waals surface area contributed by atoms with Crippen LogP contribution in [-0.2, 0) is 4.79 Å². The zero-order valence-electron chi connectivity index (χ0n) is 17.0. The van der Waals surface area contributed by atoms with Gasteiger partial charge < -0.3 is 15.4 Å². The number of aromatic nitrogens is 2. The second kappa shape index (κ2) is 7.06. The van der Waals surface area contributed by atoms with Crippen molar-refractivity contribution in [3.05, 3.63) is 57.0 Å². The molecular formula is C22H25N3O3S. The number of carbonyl (C=O) groups is 1. The minimum Gasteiger partial charge on any atom is -0.508 e. The van der Waals surface area contributed by atoms with Crippen molar-refractivity contribution in [2.45, 2.75) is 56.9 Å². The molecule has 3 N–H and O–H groups in total. The van der Waals surface area contributed by atoms with E-state index in [2.05, 4.69) is 29.1 Å². The molecule has 0 saturated carbocycles. The highest BCUT2D eigenvalue weighted by atomic mass is 32.2. The van der Waals surface area contributed by atoms with E-state index in [0.717, 1.165) is 5.70 Å². The molecule has 0 bridgehead atoms. The summed E-state index contributed by atoms with van der Waals surface area (Å²) in [6, 6.07) is 6.77. The summed E-state index contributed by atoms with van der Waals surface area (Å²) in [5, 5.41) is 14.2. The lowest BCUT2D eigenvalue weighted by Crippen LogP contribution is -2.37. The van der Waals surface area contributed by atoms with Gasteiger partial charge in [0, 0.05) is 28.9 Å². The van der Waals surface area contributed by atoms with Crippen molar-refractivity contribution in [1.82, 2.24) is 9.97 Å².